The van der Waals surface area contributed by atoms with Crippen LogP contribution in [0.25, 0.3) is 0 Å². The molecule has 0 N–H and O–H groups in total. The van der Waals surface area contributed by atoms with Crippen molar-refractivity contribution in [3.8, 4) is 0 Å². The number of ether oxygens (including phenoxy) is 1. The van der Waals surface area contributed by atoms with Crippen LogP contribution < -0.4 is 4.90 Å². The maximum atomic E-state index is 12.2. The normalized spacial score (nSPS) is 17.1. The zero-order valence-corrected chi connectivity index (χ0v) is 13.9. The molecule has 6 heteroatoms. The van der Waals surface area contributed by atoms with Gasteiger partial charge in [-0.15, -0.1) is 11.6 Å². The zero-order valence-electron chi connectivity index (χ0n) is 12.3. The van der Waals surface area contributed by atoms with Crippen molar-refractivity contribution < 1.29 is 13.2 Å². The Labute approximate surface area is 132 Å². The highest BCUT2D eigenvalue weighted by Crippen LogP contribution is 2.29. The molecule has 1 aliphatic heterocycles. The van der Waals surface area contributed by atoms with Crippen LogP contribution in [0.15, 0.2) is 29.2 Å². The molecule has 0 amide bonds. The van der Waals surface area contributed by atoms with Crippen LogP contribution in [0.4, 0.5) is 5.69 Å². The molecule has 0 aliphatic carbocycles. The third-order valence-corrected chi connectivity index (χ3v) is 5.72. The highest BCUT2D eigenvalue weighted by Gasteiger charge is 2.24. The van der Waals surface area contributed by atoms with Crippen LogP contribution in [0.1, 0.15) is 19.8 Å². The van der Waals surface area contributed by atoms with Crippen LogP contribution in [-0.4, -0.2) is 45.9 Å². The Bertz CT molecular complexity index is 554. The molecule has 0 bridgehead atoms. The summed E-state index contributed by atoms with van der Waals surface area (Å²) in [5.74, 6) is 0.636. The van der Waals surface area contributed by atoms with E-state index in [0.29, 0.717) is 17.4 Å². The van der Waals surface area contributed by atoms with E-state index in [1.54, 1.807) is 19.1 Å². The molecule has 4 nitrogen and oxygen atoms in total. The fourth-order valence-electron chi connectivity index (χ4n) is 2.61. The van der Waals surface area contributed by atoms with Gasteiger partial charge in [0.15, 0.2) is 9.84 Å². The van der Waals surface area contributed by atoms with E-state index < -0.39 is 9.84 Å². The average Bonchev–Trinajstić information content (AvgIpc) is 2.53. The molecule has 1 aromatic rings. The summed E-state index contributed by atoms with van der Waals surface area (Å²) in [7, 11) is -3.20. The third-order valence-electron chi connectivity index (χ3n) is 3.79. The molecular formula is C15H22ClNO3S. The van der Waals surface area contributed by atoms with Crippen LogP contribution in [0.3, 0.4) is 0 Å². The Morgan fingerprint density at radius 2 is 1.95 bits per heavy atom. The van der Waals surface area contributed by atoms with Gasteiger partial charge in [0.1, 0.15) is 0 Å². The van der Waals surface area contributed by atoms with Crippen molar-refractivity contribution in [2.24, 2.45) is 0 Å². The summed E-state index contributed by atoms with van der Waals surface area (Å²) < 4.78 is 30.1. The molecule has 1 saturated heterocycles. The molecule has 1 fully saturated rings. The highest BCUT2D eigenvalue weighted by atomic mass is 35.5. The second-order valence-corrected chi connectivity index (χ2v) is 7.74. The molecule has 21 heavy (non-hydrogen) atoms. The molecule has 0 radical (unpaired) electrons. The number of anilines is 1. The van der Waals surface area contributed by atoms with Gasteiger partial charge in [-0.05, 0) is 25.0 Å². The van der Waals surface area contributed by atoms with Crippen molar-refractivity contribution in [1.82, 2.24) is 0 Å². The molecule has 1 aromatic carbocycles. The minimum Gasteiger partial charge on any atom is -0.377 e. The maximum Gasteiger partial charge on any atom is 0.180 e. The third kappa shape index (κ3) is 4.11. The standard InChI is InChI=1S/C15H22ClNO3S/c1-2-21(18,19)15-6-4-3-5-14(15)17-10-7-13(8-11-17)20-12-9-16/h3-6,13H,2,7-12H2,1H3. The van der Waals surface area contributed by atoms with E-state index in [9.17, 15) is 8.42 Å². The highest BCUT2D eigenvalue weighted by molar-refractivity contribution is 7.91. The maximum absolute atomic E-state index is 12.2. The summed E-state index contributed by atoms with van der Waals surface area (Å²) in [5, 5.41) is 0. The molecule has 118 valence electrons. The molecule has 0 unspecified atom stereocenters. The van der Waals surface area contributed by atoms with Crippen molar-refractivity contribution in [1.29, 1.82) is 0 Å². The molecule has 0 saturated carbocycles. The number of rotatable bonds is 6. The summed E-state index contributed by atoms with van der Waals surface area (Å²) in [6.07, 6.45) is 2.03. The van der Waals surface area contributed by atoms with Gasteiger partial charge in [-0.3, -0.25) is 0 Å². The number of para-hydroxylation sites is 1. The van der Waals surface area contributed by atoms with Crippen molar-refractivity contribution in [2.75, 3.05) is 36.2 Å². The predicted octanol–water partition coefficient (Wildman–Crippen LogP) is 2.70. The summed E-state index contributed by atoms with van der Waals surface area (Å²) >= 11 is 5.63. The number of hydrogen-bond donors (Lipinski definition) is 0. The summed E-state index contributed by atoms with van der Waals surface area (Å²) in [6, 6.07) is 7.26. The van der Waals surface area contributed by atoms with Gasteiger partial charge in [-0.1, -0.05) is 19.1 Å². The summed E-state index contributed by atoms with van der Waals surface area (Å²) in [4.78, 5) is 2.58. The van der Waals surface area contributed by atoms with Gasteiger partial charge in [0.2, 0.25) is 0 Å². The molecule has 0 aromatic heterocycles. The Morgan fingerprint density at radius 1 is 1.29 bits per heavy atom. The number of piperidine rings is 1. The van der Waals surface area contributed by atoms with Gasteiger partial charge in [0.25, 0.3) is 0 Å². The van der Waals surface area contributed by atoms with Crippen molar-refractivity contribution in [3.05, 3.63) is 24.3 Å². The van der Waals surface area contributed by atoms with Gasteiger partial charge in [-0.25, -0.2) is 8.42 Å². The second-order valence-electron chi connectivity index (χ2n) is 5.12. The van der Waals surface area contributed by atoms with E-state index in [1.807, 2.05) is 12.1 Å². The SMILES string of the molecule is CCS(=O)(=O)c1ccccc1N1CCC(OCCCl)CC1. The Hall–Kier alpha value is -0.780. The molecular weight excluding hydrogens is 310 g/mol. The molecule has 1 aliphatic rings. The Morgan fingerprint density at radius 3 is 2.57 bits per heavy atom. The van der Waals surface area contributed by atoms with Crippen LogP contribution >= 0.6 is 11.6 Å². The van der Waals surface area contributed by atoms with Crippen molar-refractivity contribution >= 4 is 27.1 Å². The number of halogens is 1. The zero-order chi connectivity index (χ0) is 15.3. The fourth-order valence-corrected chi connectivity index (χ4v) is 3.81. The Balaban J connectivity index is 2.11. The lowest BCUT2D eigenvalue weighted by atomic mass is 10.1. The lowest BCUT2D eigenvalue weighted by molar-refractivity contribution is 0.0471. The van der Waals surface area contributed by atoms with Crippen LogP contribution in [0, 0.1) is 0 Å². The van der Waals surface area contributed by atoms with E-state index in [0.717, 1.165) is 31.6 Å². The van der Waals surface area contributed by atoms with E-state index in [2.05, 4.69) is 4.90 Å². The number of nitrogens with zero attached hydrogens (tertiary/aromatic N) is 1. The quantitative estimate of drug-likeness (QED) is 0.752. The van der Waals surface area contributed by atoms with E-state index >= 15 is 0 Å². The van der Waals surface area contributed by atoms with Gasteiger partial charge < -0.3 is 9.64 Å². The minimum absolute atomic E-state index is 0.124. The van der Waals surface area contributed by atoms with E-state index in [1.165, 1.54) is 0 Å². The van der Waals surface area contributed by atoms with Crippen LogP contribution in [-0.2, 0) is 14.6 Å². The molecule has 2 rings (SSSR count). The average molecular weight is 332 g/mol. The first kappa shape index (κ1) is 16.6. The first-order valence-corrected chi connectivity index (χ1v) is 9.51. The first-order chi connectivity index (χ1) is 10.1. The van der Waals surface area contributed by atoms with Crippen molar-refractivity contribution in [3.63, 3.8) is 0 Å². The van der Waals surface area contributed by atoms with E-state index in [4.69, 9.17) is 16.3 Å². The summed E-state index contributed by atoms with van der Waals surface area (Å²) in [6.45, 7) is 3.87. The van der Waals surface area contributed by atoms with E-state index in [-0.39, 0.29) is 11.9 Å². The first-order valence-electron chi connectivity index (χ1n) is 7.32. The van der Waals surface area contributed by atoms with Gasteiger partial charge in [-0.2, -0.15) is 0 Å². The lowest BCUT2D eigenvalue weighted by Crippen LogP contribution is -2.38. The monoisotopic (exact) mass is 331 g/mol. The van der Waals surface area contributed by atoms with Crippen LogP contribution in [0.5, 0.6) is 0 Å². The lowest BCUT2D eigenvalue weighted by Gasteiger charge is -2.34. The molecule has 0 atom stereocenters. The molecule has 1 heterocycles. The topological polar surface area (TPSA) is 46.6 Å². The number of sulfone groups is 1. The predicted molar refractivity (Wildman–Crippen MR) is 86.1 cm³/mol. The number of benzene rings is 1. The minimum atomic E-state index is -3.20. The van der Waals surface area contributed by atoms with Crippen LogP contribution in [0.2, 0.25) is 0 Å². The largest absolute Gasteiger partial charge is 0.377 e. The van der Waals surface area contributed by atoms with Gasteiger partial charge in [0.05, 0.1) is 29.0 Å². The van der Waals surface area contributed by atoms with Gasteiger partial charge >= 0.3 is 0 Å². The number of hydrogen-bond acceptors (Lipinski definition) is 4. The smallest absolute Gasteiger partial charge is 0.180 e. The van der Waals surface area contributed by atoms with Gasteiger partial charge in [0, 0.05) is 19.0 Å². The fraction of sp³-hybridized carbons (Fsp3) is 0.600. The molecule has 0 spiro atoms. The second kappa shape index (κ2) is 7.47. The summed E-state index contributed by atoms with van der Waals surface area (Å²) in [5.41, 5.74) is 0.815. The number of alkyl halides is 1. The Kier molecular flexibility index (Phi) is 5.90. The van der Waals surface area contributed by atoms with Crippen molar-refractivity contribution in [2.45, 2.75) is 30.8 Å².